The van der Waals surface area contributed by atoms with Gasteiger partial charge in [0.05, 0.1) is 11.9 Å². The van der Waals surface area contributed by atoms with E-state index in [1.165, 1.54) is 10.6 Å². The lowest BCUT2D eigenvalue weighted by Gasteiger charge is -1.99. The van der Waals surface area contributed by atoms with Crippen molar-refractivity contribution >= 4 is 5.65 Å². The van der Waals surface area contributed by atoms with Gasteiger partial charge in [-0.05, 0) is 19.4 Å². The Bertz CT molecular complexity index is 776. The Balaban J connectivity index is 2.07. The zero-order chi connectivity index (χ0) is 13.9. The summed E-state index contributed by atoms with van der Waals surface area (Å²) >= 11 is 0. The summed E-state index contributed by atoms with van der Waals surface area (Å²) in [4.78, 5) is 24.7. The van der Waals surface area contributed by atoms with E-state index in [9.17, 15) is 4.79 Å². The van der Waals surface area contributed by atoms with Gasteiger partial charge in [0.1, 0.15) is 5.69 Å². The molecule has 0 amide bonds. The van der Waals surface area contributed by atoms with Crippen LogP contribution >= 0.6 is 0 Å². The number of nitrogens with two attached hydrogens (primary N) is 1. The van der Waals surface area contributed by atoms with Gasteiger partial charge in [0.2, 0.25) is 0 Å². The molecule has 7 nitrogen and oxygen atoms in total. The molecule has 20 heavy (non-hydrogen) atoms. The van der Waals surface area contributed by atoms with Crippen molar-refractivity contribution < 1.29 is 0 Å². The third-order valence-electron chi connectivity index (χ3n) is 2.98. The smallest absolute Gasteiger partial charge is 0.272 e. The molecule has 0 aliphatic heterocycles. The first-order valence-electron chi connectivity index (χ1n) is 6.36. The second-order valence-electron chi connectivity index (χ2n) is 4.43. The van der Waals surface area contributed by atoms with Gasteiger partial charge in [-0.3, -0.25) is 19.9 Å². The summed E-state index contributed by atoms with van der Waals surface area (Å²) in [6.07, 6.45) is 6.34. The lowest BCUT2D eigenvalue weighted by Crippen LogP contribution is -2.16. The summed E-state index contributed by atoms with van der Waals surface area (Å²) in [5.41, 5.74) is 8.04. The van der Waals surface area contributed by atoms with Gasteiger partial charge in [0, 0.05) is 30.2 Å². The second kappa shape index (κ2) is 5.22. The van der Waals surface area contributed by atoms with E-state index in [4.69, 9.17) is 5.73 Å². The number of rotatable bonds is 4. The van der Waals surface area contributed by atoms with E-state index in [1.807, 2.05) is 0 Å². The maximum Gasteiger partial charge on any atom is 0.272 e. The number of nitrogens with one attached hydrogen (secondary N) is 1. The van der Waals surface area contributed by atoms with Crippen LogP contribution in [0.3, 0.4) is 0 Å². The minimum absolute atomic E-state index is 0.142. The first-order chi connectivity index (χ1) is 9.78. The number of aromatic nitrogens is 5. The molecule has 0 bridgehead atoms. The summed E-state index contributed by atoms with van der Waals surface area (Å²) in [6.45, 7) is 0.582. The highest BCUT2D eigenvalue weighted by molar-refractivity contribution is 5.59. The van der Waals surface area contributed by atoms with Crippen molar-refractivity contribution in [2.75, 3.05) is 6.54 Å². The van der Waals surface area contributed by atoms with E-state index in [2.05, 4.69) is 20.1 Å². The summed E-state index contributed by atoms with van der Waals surface area (Å²) in [5.74, 6) is 0. The van der Waals surface area contributed by atoms with E-state index in [0.29, 0.717) is 30.0 Å². The molecule has 0 fully saturated rings. The molecule has 3 rings (SSSR count). The van der Waals surface area contributed by atoms with Crippen molar-refractivity contribution in [2.45, 2.75) is 12.8 Å². The van der Waals surface area contributed by atoms with Crippen LogP contribution in [0.25, 0.3) is 17.0 Å². The van der Waals surface area contributed by atoms with Crippen molar-refractivity contribution in [1.29, 1.82) is 0 Å². The molecular formula is C13H14N6O. The fourth-order valence-corrected chi connectivity index (χ4v) is 2.02. The molecule has 0 aliphatic carbocycles. The molecular weight excluding hydrogens is 256 g/mol. The first-order valence-corrected chi connectivity index (χ1v) is 6.36. The average Bonchev–Trinajstić information content (AvgIpc) is 2.91. The molecule has 3 aromatic rings. The van der Waals surface area contributed by atoms with Crippen LogP contribution in [-0.4, -0.2) is 31.1 Å². The van der Waals surface area contributed by atoms with Gasteiger partial charge >= 0.3 is 0 Å². The quantitative estimate of drug-likeness (QED) is 0.713. The largest absolute Gasteiger partial charge is 0.330 e. The maximum absolute atomic E-state index is 12.0. The molecule has 0 saturated heterocycles. The summed E-state index contributed by atoms with van der Waals surface area (Å²) < 4.78 is 1.40. The lowest BCUT2D eigenvalue weighted by molar-refractivity contribution is 0.796. The molecule has 0 atom stereocenters. The number of fused-ring (bicyclic) bond motifs is 1. The summed E-state index contributed by atoms with van der Waals surface area (Å²) in [7, 11) is 0. The van der Waals surface area contributed by atoms with Gasteiger partial charge in [-0.15, -0.1) is 0 Å². The first kappa shape index (κ1) is 12.5. The lowest BCUT2D eigenvalue weighted by atomic mass is 10.2. The highest BCUT2D eigenvalue weighted by atomic mass is 16.1. The third-order valence-corrected chi connectivity index (χ3v) is 2.98. The molecule has 0 saturated carbocycles. The van der Waals surface area contributed by atoms with E-state index in [0.717, 1.165) is 12.1 Å². The summed E-state index contributed by atoms with van der Waals surface area (Å²) in [5, 5.41) is 2.98. The van der Waals surface area contributed by atoms with Crippen molar-refractivity contribution in [2.24, 2.45) is 5.73 Å². The molecule has 0 spiro atoms. The number of hydrogen-bond donors (Lipinski definition) is 2. The Labute approximate surface area is 114 Å². The number of nitrogens with zero attached hydrogens (tertiary/aromatic N) is 4. The van der Waals surface area contributed by atoms with Crippen LogP contribution in [0.1, 0.15) is 12.1 Å². The Kier molecular flexibility index (Phi) is 3.26. The number of hydrogen-bond acceptors (Lipinski definition) is 5. The highest BCUT2D eigenvalue weighted by Gasteiger charge is 2.08. The fraction of sp³-hybridized carbons (Fsp3) is 0.231. The molecule has 0 aliphatic rings. The molecule has 3 N–H and O–H groups in total. The molecule has 0 unspecified atom stereocenters. The maximum atomic E-state index is 12.0. The van der Waals surface area contributed by atoms with Gasteiger partial charge < -0.3 is 5.73 Å². The Morgan fingerprint density at radius 3 is 2.95 bits per heavy atom. The molecule has 3 aromatic heterocycles. The van der Waals surface area contributed by atoms with Crippen LogP contribution in [0.15, 0.2) is 35.5 Å². The van der Waals surface area contributed by atoms with E-state index in [1.54, 1.807) is 24.7 Å². The number of aryl methyl sites for hydroxylation is 1. The number of aromatic amines is 1. The minimum Gasteiger partial charge on any atom is -0.330 e. The fourth-order valence-electron chi connectivity index (χ4n) is 2.02. The van der Waals surface area contributed by atoms with Crippen LogP contribution in [-0.2, 0) is 6.42 Å². The monoisotopic (exact) mass is 270 g/mol. The van der Waals surface area contributed by atoms with Gasteiger partial charge in [0.25, 0.3) is 5.56 Å². The van der Waals surface area contributed by atoms with Crippen LogP contribution in [0, 0.1) is 0 Å². The Hall–Kier alpha value is -2.54. The van der Waals surface area contributed by atoms with Crippen molar-refractivity contribution in [3.63, 3.8) is 0 Å². The van der Waals surface area contributed by atoms with Crippen LogP contribution in [0.5, 0.6) is 0 Å². The van der Waals surface area contributed by atoms with Gasteiger partial charge in [0.15, 0.2) is 5.65 Å². The van der Waals surface area contributed by atoms with Crippen LogP contribution in [0.4, 0.5) is 0 Å². The Morgan fingerprint density at radius 2 is 2.20 bits per heavy atom. The van der Waals surface area contributed by atoms with Crippen molar-refractivity contribution in [1.82, 2.24) is 24.6 Å². The van der Waals surface area contributed by atoms with Gasteiger partial charge in [-0.25, -0.2) is 9.50 Å². The van der Waals surface area contributed by atoms with E-state index < -0.39 is 0 Å². The highest BCUT2D eigenvalue weighted by Crippen LogP contribution is 2.14. The Morgan fingerprint density at radius 1 is 1.30 bits per heavy atom. The summed E-state index contributed by atoms with van der Waals surface area (Å²) in [6, 6.07) is 3.32. The number of H-pyrrole nitrogens is 1. The van der Waals surface area contributed by atoms with E-state index >= 15 is 0 Å². The van der Waals surface area contributed by atoms with Crippen LogP contribution < -0.4 is 11.3 Å². The zero-order valence-electron chi connectivity index (χ0n) is 10.8. The third kappa shape index (κ3) is 2.30. The topological polar surface area (TPSA) is 102 Å². The molecule has 0 radical (unpaired) electrons. The molecule has 3 heterocycles. The van der Waals surface area contributed by atoms with Gasteiger partial charge in [-0.1, -0.05) is 0 Å². The van der Waals surface area contributed by atoms with Gasteiger partial charge in [-0.2, -0.15) is 0 Å². The average molecular weight is 270 g/mol. The minimum atomic E-state index is -0.142. The van der Waals surface area contributed by atoms with Crippen molar-refractivity contribution in [3.8, 4) is 11.4 Å². The van der Waals surface area contributed by atoms with Crippen LogP contribution in [0.2, 0.25) is 0 Å². The molecule has 7 heteroatoms. The predicted octanol–water partition coefficient (Wildman–Crippen LogP) is 0.371. The standard InChI is InChI=1S/C13H14N6O/c14-3-1-2-9-6-13(20)19-12(17-9)7-10(18-19)11-8-15-4-5-16-11/h4-8,18H,1-3,14H2. The normalized spacial score (nSPS) is 11.1. The molecule has 102 valence electrons. The SMILES string of the molecule is NCCCc1cc(=O)n2[nH]c(-c3cnccn3)cc2n1. The second-order valence-corrected chi connectivity index (χ2v) is 4.43. The van der Waals surface area contributed by atoms with Crippen molar-refractivity contribution in [3.05, 3.63) is 46.8 Å². The predicted molar refractivity (Wildman–Crippen MR) is 74.2 cm³/mol. The van der Waals surface area contributed by atoms with E-state index in [-0.39, 0.29) is 5.56 Å². The zero-order valence-corrected chi connectivity index (χ0v) is 10.8. The molecule has 0 aromatic carbocycles.